The topological polar surface area (TPSA) is 114 Å². The molecule has 9 heteroatoms. The largest absolute Gasteiger partial charge is 0.489 e. The molecule has 1 atom stereocenters. The van der Waals surface area contributed by atoms with Gasteiger partial charge in [-0.3, -0.25) is 14.6 Å². The number of nitrogens with zero attached hydrogens (tertiary/aromatic N) is 3. The van der Waals surface area contributed by atoms with Crippen molar-refractivity contribution in [3.05, 3.63) is 72.2 Å². The maximum absolute atomic E-state index is 13.1. The average Bonchev–Trinajstić information content (AvgIpc) is 2.95. The number of hydrogen-bond acceptors (Lipinski definition) is 7. The number of nitrogens with one attached hydrogen (secondary N) is 1. The van der Waals surface area contributed by atoms with Crippen molar-refractivity contribution < 1.29 is 24.2 Å². The van der Waals surface area contributed by atoms with Crippen LogP contribution >= 0.6 is 0 Å². The summed E-state index contributed by atoms with van der Waals surface area (Å²) in [6, 6.07) is 12.5. The van der Waals surface area contributed by atoms with Crippen LogP contribution in [0.1, 0.15) is 29.9 Å². The minimum Gasteiger partial charge on any atom is -0.489 e. The summed E-state index contributed by atoms with van der Waals surface area (Å²) >= 11 is 0. The van der Waals surface area contributed by atoms with Gasteiger partial charge in [0.2, 0.25) is 5.88 Å². The number of carbonyl (C=O) groups is 2. The average molecular weight is 473 g/mol. The first-order chi connectivity index (χ1) is 16.7. The van der Waals surface area contributed by atoms with Crippen LogP contribution in [0.25, 0.3) is 0 Å². The summed E-state index contributed by atoms with van der Waals surface area (Å²) in [6.45, 7) is 3.12. The summed E-state index contributed by atoms with van der Waals surface area (Å²) < 4.78 is 11.5. The number of amides is 2. The van der Waals surface area contributed by atoms with Crippen molar-refractivity contribution in [2.75, 3.05) is 18.6 Å². The molecule has 2 N–H and O–H groups in total. The Morgan fingerprint density at radius 1 is 1.20 bits per heavy atom. The van der Waals surface area contributed by atoms with Gasteiger partial charge in [0.15, 0.2) is 0 Å². The Morgan fingerprint density at radius 3 is 2.77 bits per heavy atom. The van der Waals surface area contributed by atoms with Crippen molar-refractivity contribution in [3.8, 4) is 29.2 Å². The first-order valence-electron chi connectivity index (χ1n) is 10.9. The quantitative estimate of drug-likeness (QED) is 0.561. The minimum atomic E-state index is -1.14. The van der Waals surface area contributed by atoms with Crippen LogP contribution in [-0.2, 0) is 4.79 Å². The van der Waals surface area contributed by atoms with Crippen LogP contribution in [-0.4, -0.2) is 52.2 Å². The number of fused-ring (bicyclic) bond motifs is 1. The molecule has 0 radical (unpaired) electrons. The first kappa shape index (κ1) is 23.7. The molecule has 35 heavy (non-hydrogen) atoms. The molecule has 1 aliphatic rings. The highest BCUT2D eigenvalue weighted by Gasteiger charge is 2.31. The fourth-order valence-corrected chi connectivity index (χ4v) is 3.26. The van der Waals surface area contributed by atoms with Gasteiger partial charge < -0.3 is 24.8 Å². The number of hydrogen-bond donors (Lipinski definition) is 2. The number of carbonyl (C=O) groups excluding carboxylic acids is 2. The highest BCUT2D eigenvalue weighted by molar-refractivity contribution is 6.03. The number of benzene rings is 1. The van der Waals surface area contributed by atoms with Gasteiger partial charge in [-0.05, 0) is 44.2 Å². The van der Waals surface area contributed by atoms with Crippen LogP contribution in [0.2, 0.25) is 0 Å². The minimum absolute atomic E-state index is 0.0548. The van der Waals surface area contributed by atoms with E-state index in [1.165, 1.54) is 17.2 Å². The van der Waals surface area contributed by atoms with Gasteiger partial charge in [-0.25, -0.2) is 4.98 Å². The lowest BCUT2D eigenvalue weighted by molar-refractivity contribution is -0.120. The summed E-state index contributed by atoms with van der Waals surface area (Å²) in [6.07, 6.45) is 3.04. The second kappa shape index (κ2) is 9.83. The van der Waals surface area contributed by atoms with Crippen LogP contribution in [0.4, 0.5) is 5.69 Å². The molecule has 3 aromatic rings. The SMILES string of the molecule is CN1C(=O)C(NC(=O)c2cc(Oc3ccccn3)ccn2)COc2ccc(C#CC(C)(C)O)cc21. The fraction of sp³-hybridized carbons (Fsp3) is 0.231. The van der Waals surface area contributed by atoms with E-state index in [0.717, 1.165) is 0 Å². The van der Waals surface area contributed by atoms with Crippen molar-refractivity contribution in [1.82, 2.24) is 15.3 Å². The predicted octanol–water partition coefficient (Wildman–Crippen LogP) is 2.55. The Bertz CT molecular complexity index is 1310. The van der Waals surface area contributed by atoms with Crippen LogP contribution in [0.3, 0.4) is 0 Å². The summed E-state index contributed by atoms with van der Waals surface area (Å²) in [7, 11) is 1.60. The summed E-state index contributed by atoms with van der Waals surface area (Å²) in [5.74, 6) is 5.98. The summed E-state index contributed by atoms with van der Waals surface area (Å²) in [5.41, 5.74) is 0.0671. The molecule has 1 aromatic carbocycles. The van der Waals surface area contributed by atoms with Crippen LogP contribution in [0, 0.1) is 11.8 Å². The maximum Gasteiger partial charge on any atom is 0.270 e. The molecule has 2 aromatic heterocycles. The lowest BCUT2D eigenvalue weighted by Crippen LogP contribution is -2.49. The normalized spacial score (nSPS) is 15.1. The monoisotopic (exact) mass is 472 g/mol. The molecule has 0 bridgehead atoms. The highest BCUT2D eigenvalue weighted by atomic mass is 16.5. The number of anilines is 1. The van der Waals surface area contributed by atoms with Crippen molar-refractivity contribution in [1.29, 1.82) is 0 Å². The first-order valence-corrected chi connectivity index (χ1v) is 10.9. The Kier molecular flexibility index (Phi) is 6.66. The van der Waals surface area contributed by atoms with Gasteiger partial charge in [0, 0.05) is 37.1 Å². The van der Waals surface area contributed by atoms with Crippen LogP contribution in [0.15, 0.2) is 60.9 Å². The maximum atomic E-state index is 13.1. The predicted molar refractivity (Wildman–Crippen MR) is 128 cm³/mol. The van der Waals surface area contributed by atoms with E-state index in [0.29, 0.717) is 28.6 Å². The van der Waals surface area contributed by atoms with Crippen molar-refractivity contribution >= 4 is 17.5 Å². The van der Waals surface area contributed by atoms with Crippen molar-refractivity contribution in [2.45, 2.75) is 25.5 Å². The summed E-state index contributed by atoms with van der Waals surface area (Å²) in [4.78, 5) is 35.6. The fourth-order valence-electron chi connectivity index (χ4n) is 3.26. The van der Waals surface area contributed by atoms with E-state index in [2.05, 4.69) is 27.1 Å². The number of likely N-dealkylation sites (N-methyl/N-ethyl adjacent to an activating group) is 1. The molecule has 3 heterocycles. The summed E-state index contributed by atoms with van der Waals surface area (Å²) in [5, 5.41) is 12.5. The molecule has 0 aliphatic carbocycles. The van der Waals surface area contributed by atoms with Gasteiger partial charge in [-0.15, -0.1) is 0 Å². The zero-order valence-corrected chi connectivity index (χ0v) is 19.5. The molecule has 4 rings (SSSR count). The Hall–Kier alpha value is -4.42. The lowest BCUT2D eigenvalue weighted by Gasteiger charge is -2.20. The number of ether oxygens (including phenoxy) is 2. The second-order valence-electron chi connectivity index (χ2n) is 8.37. The molecule has 1 aliphatic heterocycles. The van der Waals surface area contributed by atoms with Crippen LogP contribution in [0.5, 0.6) is 17.4 Å². The van der Waals surface area contributed by atoms with Gasteiger partial charge in [-0.1, -0.05) is 17.9 Å². The highest BCUT2D eigenvalue weighted by Crippen LogP contribution is 2.31. The molecule has 9 nitrogen and oxygen atoms in total. The van der Waals surface area contributed by atoms with Gasteiger partial charge in [0.05, 0.1) is 5.69 Å². The molecule has 0 fully saturated rings. The van der Waals surface area contributed by atoms with E-state index < -0.39 is 17.6 Å². The molecular formula is C26H24N4O5. The third-order valence-electron chi connectivity index (χ3n) is 5.00. The van der Waals surface area contributed by atoms with Gasteiger partial charge >= 0.3 is 0 Å². The Balaban J connectivity index is 1.48. The standard InChI is InChI=1S/C26H24N4O5/c1-26(2,33)11-9-17-7-8-22-21(14-17)30(3)25(32)20(16-34-22)29-24(31)19-15-18(10-13-27-19)35-23-6-4-5-12-28-23/h4-8,10,12-15,20,33H,16H2,1-3H3,(H,29,31). The number of rotatable bonds is 4. The van der Waals surface area contributed by atoms with Gasteiger partial charge in [-0.2, -0.15) is 0 Å². The van der Waals surface area contributed by atoms with Crippen molar-refractivity contribution in [3.63, 3.8) is 0 Å². The van der Waals surface area contributed by atoms with E-state index in [1.54, 1.807) is 69.6 Å². The van der Waals surface area contributed by atoms with E-state index in [4.69, 9.17) is 9.47 Å². The number of aliphatic hydroxyl groups is 1. The van der Waals surface area contributed by atoms with E-state index in [1.807, 2.05) is 0 Å². The zero-order chi connectivity index (χ0) is 25.0. The smallest absolute Gasteiger partial charge is 0.270 e. The lowest BCUT2D eigenvalue weighted by atomic mass is 10.1. The Morgan fingerprint density at radius 2 is 2.03 bits per heavy atom. The molecular weight excluding hydrogens is 448 g/mol. The van der Waals surface area contributed by atoms with Crippen LogP contribution < -0.4 is 19.7 Å². The molecule has 0 saturated carbocycles. The molecule has 1 unspecified atom stereocenters. The molecule has 178 valence electrons. The zero-order valence-electron chi connectivity index (χ0n) is 19.5. The van der Waals surface area contributed by atoms with E-state index >= 15 is 0 Å². The van der Waals surface area contributed by atoms with E-state index in [9.17, 15) is 14.7 Å². The molecule has 0 saturated heterocycles. The molecule has 0 spiro atoms. The van der Waals surface area contributed by atoms with Crippen molar-refractivity contribution in [2.24, 2.45) is 0 Å². The number of aromatic nitrogens is 2. The third-order valence-corrected chi connectivity index (χ3v) is 5.00. The van der Waals surface area contributed by atoms with Gasteiger partial charge in [0.1, 0.15) is 35.4 Å². The number of pyridine rings is 2. The third kappa shape index (κ3) is 5.93. The second-order valence-corrected chi connectivity index (χ2v) is 8.37. The Labute approximate surface area is 202 Å². The molecule has 2 amide bonds. The van der Waals surface area contributed by atoms with E-state index in [-0.39, 0.29) is 18.2 Å². The van der Waals surface area contributed by atoms with Gasteiger partial charge in [0.25, 0.3) is 11.8 Å².